The van der Waals surface area contributed by atoms with Gasteiger partial charge < -0.3 is 10.1 Å². The summed E-state index contributed by atoms with van der Waals surface area (Å²) in [5.41, 5.74) is 2.90. The summed E-state index contributed by atoms with van der Waals surface area (Å²) in [7, 11) is 1.59. The maximum atomic E-state index is 13.3. The lowest BCUT2D eigenvalue weighted by atomic mass is 10.1. The lowest BCUT2D eigenvalue weighted by Gasteiger charge is -2.15. The molecule has 0 saturated heterocycles. The van der Waals surface area contributed by atoms with E-state index in [-0.39, 0.29) is 23.3 Å². The highest BCUT2D eigenvalue weighted by Gasteiger charge is 2.21. The van der Waals surface area contributed by atoms with Gasteiger partial charge in [0.2, 0.25) is 0 Å². The molecule has 1 amide bonds. The van der Waals surface area contributed by atoms with Crippen molar-refractivity contribution < 1.29 is 14.5 Å². The summed E-state index contributed by atoms with van der Waals surface area (Å²) in [6.45, 7) is 1.89. The van der Waals surface area contributed by atoms with Gasteiger partial charge in [-0.3, -0.25) is 14.9 Å². The second-order valence-electron chi connectivity index (χ2n) is 7.44. The van der Waals surface area contributed by atoms with Crippen LogP contribution in [0.2, 0.25) is 0 Å². The summed E-state index contributed by atoms with van der Waals surface area (Å²) in [6, 6.07) is 24.4. The number of hydrogen-bond acceptors (Lipinski definition) is 5. The van der Waals surface area contributed by atoms with E-state index in [0.29, 0.717) is 17.1 Å². The second-order valence-corrected chi connectivity index (χ2v) is 7.44. The lowest BCUT2D eigenvalue weighted by Crippen LogP contribution is -2.28. The molecule has 33 heavy (non-hydrogen) atoms. The minimum Gasteiger partial charge on any atom is -0.497 e. The summed E-state index contributed by atoms with van der Waals surface area (Å²) < 4.78 is 6.64. The smallest absolute Gasteiger partial charge is 0.271 e. The quantitative estimate of drug-likeness (QED) is 0.323. The fourth-order valence-electron chi connectivity index (χ4n) is 3.48. The Hall–Kier alpha value is -4.46. The number of aromatic nitrogens is 2. The predicted octanol–water partition coefficient (Wildman–Crippen LogP) is 4.95. The van der Waals surface area contributed by atoms with Crippen molar-refractivity contribution >= 4 is 11.6 Å². The van der Waals surface area contributed by atoms with Crippen LogP contribution in [0.5, 0.6) is 5.75 Å². The van der Waals surface area contributed by atoms with E-state index in [1.165, 1.54) is 16.8 Å². The highest BCUT2D eigenvalue weighted by atomic mass is 16.6. The zero-order valence-electron chi connectivity index (χ0n) is 18.1. The van der Waals surface area contributed by atoms with Crippen molar-refractivity contribution in [2.24, 2.45) is 0 Å². The molecule has 4 rings (SSSR count). The summed E-state index contributed by atoms with van der Waals surface area (Å²) in [5.74, 6) is 0.358. The molecule has 0 aliphatic rings. The molecule has 3 aromatic carbocycles. The predicted molar refractivity (Wildman–Crippen MR) is 125 cm³/mol. The molecule has 0 aliphatic carbocycles. The van der Waals surface area contributed by atoms with E-state index in [1.807, 2.05) is 49.4 Å². The first-order valence-corrected chi connectivity index (χ1v) is 10.3. The van der Waals surface area contributed by atoms with E-state index in [2.05, 4.69) is 10.4 Å². The number of methoxy groups -OCH3 is 1. The van der Waals surface area contributed by atoms with Crippen LogP contribution in [0.4, 0.5) is 5.69 Å². The van der Waals surface area contributed by atoms with Crippen molar-refractivity contribution in [3.8, 4) is 22.7 Å². The molecular formula is C25H22N4O4. The van der Waals surface area contributed by atoms with E-state index in [0.717, 1.165) is 11.1 Å². The molecule has 0 fully saturated rings. The van der Waals surface area contributed by atoms with Gasteiger partial charge in [-0.25, -0.2) is 4.68 Å². The van der Waals surface area contributed by atoms with Crippen LogP contribution in [0.15, 0.2) is 84.9 Å². The molecule has 8 nitrogen and oxygen atoms in total. The van der Waals surface area contributed by atoms with Crippen LogP contribution in [0.25, 0.3) is 16.9 Å². The first kappa shape index (κ1) is 21.8. The monoisotopic (exact) mass is 442 g/mol. The molecule has 0 spiro atoms. The van der Waals surface area contributed by atoms with Crippen LogP contribution >= 0.6 is 0 Å². The van der Waals surface area contributed by atoms with E-state index < -0.39 is 4.92 Å². The molecule has 0 unspecified atom stereocenters. The Morgan fingerprint density at radius 2 is 1.76 bits per heavy atom. The van der Waals surface area contributed by atoms with Gasteiger partial charge in [-0.15, -0.1) is 0 Å². The van der Waals surface area contributed by atoms with Crippen molar-refractivity contribution in [3.63, 3.8) is 0 Å². The Bertz CT molecular complexity index is 1280. The molecule has 166 valence electrons. The maximum absolute atomic E-state index is 13.3. The van der Waals surface area contributed by atoms with Gasteiger partial charge in [0.15, 0.2) is 0 Å². The largest absolute Gasteiger partial charge is 0.497 e. The van der Waals surface area contributed by atoms with Gasteiger partial charge in [-0.2, -0.15) is 5.10 Å². The van der Waals surface area contributed by atoms with Crippen molar-refractivity contribution in [3.05, 3.63) is 106 Å². The van der Waals surface area contributed by atoms with Crippen molar-refractivity contribution in [2.75, 3.05) is 7.11 Å². The highest BCUT2D eigenvalue weighted by Crippen LogP contribution is 2.26. The first-order valence-electron chi connectivity index (χ1n) is 10.3. The summed E-state index contributed by atoms with van der Waals surface area (Å²) in [6.07, 6.45) is 0. The highest BCUT2D eigenvalue weighted by molar-refractivity contribution is 5.94. The van der Waals surface area contributed by atoms with E-state index in [4.69, 9.17) is 4.74 Å². The van der Waals surface area contributed by atoms with Crippen molar-refractivity contribution in [1.29, 1.82) is 0 Å². The zero-order valence-corrected chi connectivity index (χ0v) is 18.1. The molecule has 1 heterocycles. The van der Waals surface area contributed by atoms with Crippen LogP contribution in [0, 0.1) is 10.1 Å². The Balaban J connectivity index is 1.75. The van der Waals surface area contributed by atoms with E-state index in [9.17, 15) is 14.9 Å². The summed E-state index contributed by atoms with van der Waals surface area (Å²) in [4.78, 5) is 24.1. The van der Waals surface area contributed by atoms with Gasteiger partial charge in [0.05, 0.1) is 29.5 Å². The van der Waals surface area contributed by atoms with Crippen LogP contribution in [0.3, 0.4) is 0 Å². The minimum absolute atomic E-state index is 0.0852. The second kappa shape index (κ2) is 9.35. The molecule has 1 atom stereocenters. The third-order valence-corrected chi connectivity index (χ3v) is 5.26. The molecule has 0 radical (unpaired) electrons. The zero-order chi connectivity index (χ0) is 23.4. The Labute approximate surface area is 190 Å². The van der Waals surface area contributed by atoms with Crippen molar-refractivity contribution in [2.45, 2.75) is 13.0 Å². The Morgan fingerprint density at radius 3 is 2.42 bits per heavy atom. The molecular weight excluding hydrogens is 420 g/mol. The topological polar surface area (TPSA) is 99.3 Å². The fourth-order valence-corrected chi connectivity index (χ4v) is 3.48. The number of carbonyl (C=O) groups is 1. The lowest BCUT2D eigenvalue weighted by molar-refractivity contribution is -0.384. The van der Waals surface area contributed by atoms with Gasteiger partial charge >= 0.3 is 0 Å². The number of non-ortho nitro benzene ring substituents is 1. The third-order valence-electron chi connectivity index (χ3n) is 5.26. The molecule has 1 N–H and O–H groups in total. The average molecular weight is 442 g/mol. The summed E-state index contributed by atoms with van der Waals surface area (Å²) in [5, 5.41) is 18.9. The summed E-state index contributed by atoms with van der Waals surface area (Å²) >= 11 is 0. The number of hydrogen-bond donors (Lipinski definition) is 1. The number of nitro groups is 1. The van der Waals surface area contributed by atoms with Crippen LogP contribution in [0.1, 0.15) is 29.0 Å². The Morgan fingerprint density at radius 1 is 1.03 bits per heavy atom. The first-order chi connectivity index (χ1) is 16.0. The van der Waals surface area contributed by atoms with Gasteiger partial charge in [0.1, 0.15) is 11.4 Å². The number of nitrogens with one attached hydrogen (secondary N) is 1. The van der Waals surface area contributed by atoms with Crippen LogP contribution in [-0.2, 0) is 0 Å². The van der Waals surface area contributed by atoms with Gasteiger partial charge in [0, 0.05) is 17.7 Å². The normalized spacial score (nSPS) is 11.6. The number of benzene rings is 3. The number of ether oxygens (including phenoxy) is 1. The fraction of sp³-hybridized carbons (Fsp3) is 0.120. The van der Waals surface area contributed by atoms with Crippen LogP contribution in [-0.4, -0.2) is 27.7 Å². The molecule has 4 aromatic rings. The third kappa shape index (κ3) is 4.74. The number of carbonyl (C=O) groups excluding carboxylic acids is 1. The molecule has 1 aromatic heterocycles. The van der Waals surface area contributed by atoms with E-state index >= 15 is 0 Å². The molecule has 0 saturated carbocycles. The van der Waals surface area contributed by atoms with Gasteiger partial charge in [-0.1, -0.05) is 36.4 Å². The van der Waals surface area contributed by atoms with Crippen LogP contribution < -0.4 is 10.1 Å². The maximum Gasteiger partial charge on any atom is 0.271 e. The minimum atomic E-state index is -0.478. The van der Waals surface area contributed by atoms with Gasteiger partial charge in [0.25, 0.3) is 11.6 Å². The molecule has 0 aliphatic heterocycles. The number of amides is 1. The Kier molecular flexibility index (Phi) is 6.17. The number of nitro benzene ring substituents is 1. The standard InChI is InChI=1S/C25H22N4O4/c1-17(18-7-4-3-5-8-18)26-25(30)24-16-23(19-11-13-22(33-2)14-12-19)27-28(24)20-9-6-10-21(15-20)29(31)32/h3-17H,1-2H3,(H,26,30)/t17-/m1/s1. The molecule has 8 heteroatoms. The number of nitrogens with zero attached hydrogens (tertiary/aromatic N) is 3. The van der Waals surface area contributed by atoms with Gasteiger partial charge in [-0.05, 0) is 48.9 Å². The molecule has 0 bridgehead atoms. The average Bonchev–Trinajstić information content (AvgIpc) is 3.30. The van der Waals surface area contributed by atoms with Crippen molar-refractivity contribution in [1.82, 2.24) is 15.1 Å². The number of rotatable bonds is 7. The van der Waals surface area contributed by atoms with E-state index in [1.54, 1.807) is 37.4 Å². The SMILES string of the molecule is COc1ccc(-c2cc(C(=O)N[C@H](C)c3ccccc3)n(-c3cccc([N+](=O)[O-])c3)n2)cc1.